The van der Waals surface area contributed by atoms with E-state index in [1.165, 1.54) is 16.7 Å². The number of ether oxygens (including phenoxy) is 1. The standard InChI is InChI=1S/C14H20O/c1-10-6-7-11-9-15-14(5,12(11)8-10)13(2,3)4/h6-8H,9H2,1-5H3. The van der Waals surface area contributed by atoms with Crippen LogP contribution in [-0.2, 0) is 16.9 Å². The van der Waals surface area contributed by atoms with Crippen LogP contribution in [0, 0.1) is 12.3 Å². The van der Waals surface area contributed by atoms with E-state index in [1.807, 2.05) is 0 Å². The van der Waals surface area contributed by atoms with Crippen molar-refractivity contribution >= 4 is 0 Å². The molecule has 1 atom stereocenters. The van der Waals surface area contributed by atoms with E-state index in [-0.39, 0.29) is 11.0 Å². The van der Waals surface area contributed by atoms with Crippen LogP contribution in [0.4, 0.5) is 0 Å². The first-order chi connectivity index (χ1) is 6.84. The minimum absolute atomic E-state index is 0.131. The Morgan fingerprint density at radius 1 is 1.27 bits per heavy atom. The van der Waals surface area contributed by atoms with Gasteiger partial charge in [-0.25, -0.2) is 0 Å². The minimum Gasteiger partial charge on any atom is -0.365 e. The van der Waals surface area contributed by atoms with Crippen LogP contribution in [0.1, 0.15) is 44.4 Å². The first kappa shape index (κ1) is 10.7. The summed E-state index contributed by atoms with van der Waals surface area (Å²) in [6.45, 7) is 11.8. The molecular weight excluding hydrogens is 184 g/mol. The third-order valence-corrected chi connectivity index (χ3v) is 3.73. The van der Waals surface area contributed by atoms with Crippen LogP contribution in [0.3, 0.4) is 0 Å². The highest BCUT2D eigenvalue weighted by atomic mass is 16.5. The molecule has 1 unspecified atom stereocenters. The van der Waals surface area contributed by atoms with Crippen molar-refractivity contribution in [1.82, 2.24) is 0 Å². The first-order valence-corrected chi connectivity index (χ1v) is 5.58. The molecule has 1 heterocycles. The molecule has 82 valence electrons. The van der Waals surface area contributed by atoms with Crippen molar-refractivity contribution in [2.75, 3.05) is 0 Å². The second kappa shape index (κ2) is 3.08. The van der Waals surface area contributed by atoms with E-state index >= 15 is 0 Å². The molecule has 0 radical (unpaired) electrons. The maximum absolute atomic E-state index is 6.03. The van der Waals surface area contributed by atoms with Gasteiger partial charge in [0.2, 0.25) is 0 Å². The van der Waals surface area contributed by atoms with Gasteiger partial charge in [0.05, 0.1) is 12.2 Å². The zero-order valence-corrected chi connectivity index (χ0v) is 10.3. The van der Waals surface area contributed by atoms with Gasteiger partial charge < -0.3 is 4.74 Å². The molecule has 0 aliphatic carbocycles. The lowest BCUT2D eigenvalue weighted by atomic mass is 9.73. The second-order valence-electron chi connectivity index (χ2n) is 5.73. The van der Waals surface area contributed by atoms with Crippen LogP contribution >= 0.6 is 0 Å². The van der Waals surface area contributed by atoms with E-state index in [0.29, 0.717) is 0 Å². The Bertz CT molecular complexity index is 387. The third-order valence-electron chi connectivity index (χ3n) is 3.73. The highest BCUT2D eigenvalue weighted by molar-refractivity contribution is 5.39. The maximum Gasteiger partial charge on any atom is 0.0959 e. The summed E-state index contributed by atoms with van der Waals surface area (Å²) in [6, 6.07) is 6.63. The molecule has 2 rings (SSSR count). The fourth-order valence-corrected chi connectivity index (χ4v) is 2.18. The van der Waals surface area contributed by atoms with Crippen LogP contribution < -0.4 is 0 Å². The van der Waals surface area contributed by atoms with Gasteiger partial charge in [-0.1, -0.05) is 44.5 Å². The van der Waals surface area contributed by atoms with Crippen LogP contribution in [0.15, 0.2) is 18.2 Å². The molecular formula is C14H20O. The van der Waals surface area contributed by atoms with Crippen molar-refractivity contribution < 1.29 is 4.74 Å². The molecule has 1 aromatic rings. The van der Waals surface area contributed by atoms with Gasteiger partial charge in [-0.2, -0.15) is 0 Å². The Morgan fingerprint density at radius 2 is 1.93 bits per heavy atom. The Kier molecular flexibility index (Phi) is 2.20. The Balaban J connectivity index is 2.56. The summed E-state index contributed by atoms with van der Waals surface area (Å²) in [4.78, 5) is 0. The number of rotatable bonds is 0. The van der Waals surface area contributed by atoms with E-state index in [1.54, 1.807) is 0 Å². The Morgan fingerprint density at radius 3 is 2.53 bits per heavy atom. The zero-order valence-electron chi connectivity index (χ0n) is 10.3. The SMILES string of the molecule is Cc1ccc2c(c1)C(C)(C(C)(C)C)OC2. The molecule has 1 aliphatic heterocycles. The molecule has 0 aromatic heterocycles. The van der Waals surface area contributed by atoms with E-state index < -0.39 is 0 Å². The average molecular weight is 204 g/mol. The normalized spacial score (nSPS) is 25.4. The van der Waals surface area contributed by atoms with Crippen LogP contribution in [0.2, 0.25) is 0 Å². The molecule has 1 nitrogen and oxygen atoms in total. The van der Waals surface area contributed by atoms with E-state index in [4.69, 9.17) is 4.74 Å². The topological polar surface area (TPSA) is 9.23 Å². The summed E-state index contributed by atoms with van der Waals surface area (Å²) in [7, 11) is 0. The molecule has 0 saturated carbocycles. The lowest BCUT2D eigenvalue weighted by Gasteiger charge is -2.38. The average Bonchev–Trinajstić information content (AvgIpc) is 2.44. The Hall–Kier alpha value is -0.820. The summed E-state index contributed by atoms with van der Waals surface area (Å²) in [5.74, 6) is 0. The number of hydrogen-bond donors (Lipinski definition) is 0. The van der Waals surface area contributed by atoms with Gasteiger partial charge in [-0.05, 0) is 30.4 Å². The molecule has 0 amide bonds. The lowest BCUT2D eigenvalue weighted by Crippen LogP contribution is -2.36. The highest BCUT2D eigenvalue weighted by Crippen LogP contribution is 2.48. The summed E-state index contributed by atoms with van der Waals surface area (Å²) in [5, 5.41) is 0. The molecule has 0 spiro atoms. The van der Waals surface area contributed by atoms with Crippen molar-refractivity contribution in [3.8, 4) is 0 Å². The fourth-order valence-electron chi connectivity index (χ4n) is 2.18. The van der Waals surface area contributed by atoms with Gasteiger partial charge in [0, 0.05) is 0 Å². The number of benzene rings is 1. The van der Waals surface area contributed by atoms with Crippen molar-refractivity contribution in [1.29, 1.82) is 0 Å². The van der Waals surface area contributed by atoms with E-state index in [0.717, 1.165) is 6.61 Å². The largest absolute Gasteiger partial charge is 0.365 e. The summed E-state index contributed by atoms with van der Waals surface area (Å²) in [5.41, 5.74) is 4.02. The molecule has 1 aliphatic rings. The molecule has 1 aromatic carbocycles. The molecule has 0 bridgehead atoms. The molecule has 1 heteroatoms. The summed E-state index contributed by atoms with van der Waals surface area (Å²) in [6.07, 6.45) is 0. The quantitative estimate of drug-likeness (QED) is 0.625. The number of aryl methyl sites for hydroxylation is 1. The van der Waals surface area contributed by atoms with Gasteiger partial charge in [0.25, 0.3) is 0 Å². The van der Waals surface area contributed by atoms with Crippen molar-refractivity contribution in [3.05, 3.63) is 34.9 Å². The third kappa shape index (κ3) is 1.50. The van der Waals surface area contributed by atoms with E-state index in [2.05, 4.69) is 52.8 Å². The van der Waals surface area contributed by atoms with Crippen molar-refractivity contribution in [3.63, 3.8) is 0 Å². The smallest absolute Gasteiger partial charge is 0.0959 e. The van der Waals surface area contributed by atoms with Gasteiger partial charge in [0.1, 0.15) is 0 Å². The van der Waals surface area contributed by atoms with E-state index in [9.17, 15) is 0 Å². The highest BCUT2D eigenvalue weighted by Gasteiger charge is 2.45. The maximum atomic E-state index is 6.03. The lowest BCUT2D eigenvalue weighted by molar-refractivity contribution is -0.0992. The predicted molar refractivity (Wildman–Crippen MR) is 62.8 cm³/mol. The van der Waals surface area contributed by atoms with Gasteiger partial charge in [-0.15, -0.1) is 0 Å². The van der Waals surface area contributed by atoms with Crippen molar-refractivity contribution in [2.24, 2.45) is 5.41 Å². The number of fused-ring (bicyclic) bond motifs is 1. The summed E-state index contributed by atoms with van der Waals surface area (Å²) < 4.78 is 6.03. The molecule has 15 heavy (non-hydrogen) atoms. The predicted octanol–water partition coefficient (Wildman–Crippen LogP) is 3.79. The Labute approximate surface area is 92.5 Å². The van der Waals surface area contributed by atoms with Crippen molar-refractivity contribution in [2.45, 2.75) is 46.8 Å². The zero-order chi connectivity index (χ0) is 11.3. The van der Waals surface area contributed by atoms with Crippen LogP contribution in [0.5, 0.6) is 0 Å². The molecule has 0 fully saturated rings. The fraction of sp³-hybridized carbons (Fsp3) is 0.571. The van der Waals surface area contributed by atoms with Crippen LogP contribution in [-0.4, -0.2) is 0 Å². The van der Waals surface area contributed by atoms with Gasteiger partial charge in [0.15, 0.2) is 0 Å². The first-order valence-electron chi connectivity index (χ1n) is 5.58. The summed E-state index contributed by atoms with van der Waals surface area (Å²) >= 11 is 0. The number of hydrogen-bond acceptors (Lipinski definition) is 1. The van der Waals surface area contributed by atoms with Crippen LogP contribution in [0.25, 0.3) is 0 Å². The van der Waals surface area contributed by atoms with Gasteiger partial charge in [-0.3, -0.25) is 0 Å². The molecule has 0 saturated heterocycles. The second-order valence-corrected chi connectivity index (χ2v) is 5.73. The van der Waals surface area contributed by atoms with Gasteiger partial charge >= 0.3 is 0 Å². The molecule has 0 N–H and O–H groups in total. The minimum atomic E-state index is -0.144. The monoisotopic (exact) mass is 204 g/mol.